The Morgan fingerprint density at radius 3 is 2.81 bits per heavy atom. The average molecular weight is 368 g/mol. The van der Waals surface area contributed by atoms with Crippen LogP contribution in [0.3, 0.4) is 0 Å². The van der Waals surface area contributed by atoms with E-state index in [1.54, 1.807) is 11.8 Å². The fraction of sp³-hybridized carbons (Fsp3) is 0.421. The maximum absolute atomic E-state index is 10.1. The van der Waals surface area contributed by atoms with Gasteiger partial charge in [-0.1, -0.05) is 17.8 Å². The summed E-state index contributed by atoms with van der Waals surface area (Å²) in [6.07, 6.45) is 7.16. The van der Waals surface area contributed by atoms with Crippen LogP contribution in [0.2, 0.25) is 0 Å². The van der Waals surface area contributed by atoms with Crippen molar-refractivity contribution in [2.45, 2.75) is 37.0 Å². The minimum absolute atomic E-state index is 0.0209. The van der Waals surface area contributed by atoms with Gasteiger partial charge in [-0.05, 0) is 30.5 Å². The van der Waals surface area contributed by atoms with Gasteiger partial charge in [-0.15, -0.1) is 0 Å². The Morgan fingerprint density at radius 2 is 2.04 bits per heavy atom. The van der Waals surface area contributed by atoms with Crippen LogP contribution in [0.4, 0.5) is 0 Å². The number of rotatable bonds is 1. The molecule has 1 spiro atoms. The molecule has 3 heterocycles. The highest BCUT2D eigenvalue weighted by atomic mass is 32.2. The van der Waals surface area contributed by atoms with Crippen LogP contribution in [0, 0.1) is 5.92 Å². The topological polar surface area (TPSA) is 93.6 Å². The van der Waals surface area contributed by atoms with Gasteiger partial charge in [0.15, 0.2) is 5.17 Å². The molecule has 4 unspecified atom stereocenters. The van der Waals surface area contributed by atoms with Crippen molar-refractivity contribution in [2.24, 2.45) is 16.6 Å². The Balaban J connectivity index is 1.66. The molecule has 3 N–H and O–H groups in total. The first-order chi connectivity index (χ1) is 12.7. The highest BCUT2D eigenvalue weighted by molar-refractivity contribution is 8.14. The Hall–Kier alpha value is -2.12. The smallest absolute Gasteiger partial charge is 0.154 e. The zero-order valence-corrected chi connectivity index (χ0v) is 15.0. The van der Waals surface area contributed by atoms with E-state index in [9.17, 15) is 5.11 Å². The van der Waals surface area contributed by atoms with Crippen molar-refractivity contribution in [1.29, 1.82) is 0 Å². The van der Waals surface area contributed by atoms with Crippen molar-refractivity contribution >= 4 is 16.9 Å². The summed E-state index contributed by atoms with van der Waals surface area (Å²) in [4.78, 5) is 13.2. The van der Waals surface area contributed by atoms with Crippen LogP contribution >= 0.6 is 11.8 Å². The lowest BCUT2D eigenvalue weighted by Gasteiger charge is -2.48. The lowest BCUT2D eigenvalue weighted by Crippen LogP contribution is -2.51. The van der Waals surface area contributed by atoms with E-state index >= 15 is 0 Å². The number of aromatic nitrogens is 2. The minimum atomic E-state index is -0.376. The van der Waals surface area contributed by atoms with Crippen molar-refractivity contribution < 1.29 is 9.84 Å². The van der Waals surface area contributed by atoms with Crippen LogP contribution in [0.15, 0.2) is 41.9 Å². The van der Waals surface area contributed by atoms with Gasteiger partial charge in [-0.3, -0.25) is 0 Å². The van der Waals surface area contributed by atoms with E-state index in [0.717, 1.165) is 41.0 Å². The number of ether oxygens (including phenoxy) is 1. The molecule has 1 fully saturated rings. The number of nitrogens with zero attached hydrogens (tertiary/aromatic N) is 3. The van der Waals surface area contributed by atoms with E-state index in [1.165, 1.54) is 6.33 Å². The van der Waals surface area contributed by atoms with Crippen molar-refractivity contribution in [3.8, 4) is 16.9 Å². The molecule has 6 nitrogen and oxygen atoms in total. The van der Waals surface area contributed by atoms with Crippen LogP contribution in [0.25, 0.3) is 11.1 Å². The molecule has 5 rings (SSSR count). The summed E-state index contributed by atoms with van der Waals surface area (Å²) < 4.78 is 6.31. The third-order valence-corrected chi connectivity index (χ3v) is 6.72. The summed E-state index contributed by atoms with van der Waals surface area (Å²) in [6.45, 7) is 0. The second-order valence-electron chi connectivity index (χ2n) is 7.23. The molecule has 0 amide bonds. The molecule has 3 aliphatic rings. The van der Waals surface area contributed by atoms with Crippen LogP contribution in [-0.2, 0) is 5.54 Å². The molecular formula is C19H20N4O2S. The zero-order valence-electron chi connectivity index (χ0n) is 14.2. The number of aliphatic hydroxyl groups is 1. The predicted molar refractivity (Wildman–Crippen MR) is 101 cm³/mol. The fourth-order valence-electron chi connectivity index (χ4n) is 4.52. The molecule has 1 aliphatic carbocycles. The predicted octanol–water partition coefficient (Wildman–Crippen LogP) is 2.32. The largest absolute Gasteiger partial charge is 0.490 e. The van der Waals surface area contributed by atoms with E-state index in [4.69, 9.17) is 15.5 Å². The monoisotopic (exact) mass is 368 g/mol. The van der Waals surface area contributed by atoms with Crippen LogP contribution < -0.4 is 10.5 Å². The van der Waals surface area contributed by atoms with Gasteiger partial charge in [0.1, 0.15) is 23.7 Å². The van der Waals surface area contributed by atoms with E-state index in [0.29, 0.717) is 11.6 Å². The maximum Gasteiger partial charge on any atom is 0.154 e. The first-order valence-corrected chi connectivity index (χ1v) is 9.87. The standard InChI is InChI=1S/C19H20N4O2S/c20-18-23-19(9-26-18)14-3-2-13(24)6-17(14)25-16-4-1-11(5-15(16)19)12-7-21-10-22-8-12/h1,4-5,7-8,10,13-14,17,24H,2-3,6,9H2,(H2,20,23). The van der Waals surface area contributed by atoms with Gasteiger partial charge < -0.3 is 15.6 Å². The quantitative estimate of drug-likeness (QED) is 0.802. The Morgan fingerprint density at radius 1 is 1.19 bits per heavy atom. The number of fused-ring (bicyclic) bond motifs is 4. The van der Waals surface area contributed by atoms with Crippen LogP contribution in [0.5, 0.6) is 5.75 Å². The molecule has 134 valence electrons. The van der Waals surface area contributed by atoms with Crippen molar-refractivity contribution in [1.82, 2.24) is 9.97 Å². The summed E-state index contributed by atoms with van der Waals surface area (Å²) in [6, 6.07) is 6.18. The lowest BCUT2D eigenvalue weighted by atomic mass is 9.68. The number of amidine groups is 1. The number of hydrogen-bond donors (Lipinski definition) is 2. The van der Waals surface area contributed by atoms with Crippen LogP contribution in [-0.4, -0.2) is 38.2 Å². The number of thioether (sulfide) groups is 1. The van der Waals surface area contributed by atoms with E-state index < -0.39 is 0 Å². The molecule has 1 saturated carbocycles. The Kier molecular flexibility index (Phi) is 3.68. The number of aliphatic imine (C=N–C) groups is 1. The normalized spacial score (nSPS) is 32.5. The lowest BCUT2D eigenvalue weighted by molar-refractivity contribution is -0.0246. The van der Waals surface area contributed by atoms with Gasteiger partial charge >= 0.3 is 0 Å². The first-order valence-electron chi connectivity index (χ1n) is 8.88. The molecule has 0 bridgehead atoms. The number of aliphatic hydroxyl groups excluding tert-OH is 1. The van der Waals surface area contributed by atoms with Crippen LogP contribution in [0.1, 0.15) is 24.8 Å². The van der Waals surface area contributed by atoms with E-state index in [-0.39, 0.29) is 23.7 Å². The molecular weight excluding hydrogens is 348 g/mol. The van der Waals surface area contributed by atoms with Gasteiger partial charge in [0, 0.05) is 41.6 Å². The molecule has 2 aliphatic heterocycles. The molecule has 26 heavy (non-hydrogen) atoms. The summed E-state index contributed by atoms with van der Waals surface area (Å²) in [7, 11) is 0. The van der Waals surface area contributed by atoms with Gasteiger partial charge in [0.25, 0.3) is 0 Å². The third-order valence-electron chi connectivity index (χ3n) is 5.75. The molecule has 0 radical (unpaired) electrons. The SMILES string of the molecule is NC1=NC2(CS1)c1cc(-c3cncnc3)ccc1OC1CC(O)CCC12. The molecule has 7 heteroatoms. The van der Waals surface area contributed by atoms with E-state index in [1.807, 2.05) is 24.5 Å². The minimum Gasteiger partial charge on any atom is -0.490 e. The zero-order chi connectivity index (χ0) is 17.7. The Bertz CT molecular complexity index is 875. The molecule has 2 aromatic rings. The van der Waals surface area contributed by atoms with Crippen molar-refractivity contribution in [3.63, 3.8) is 0 Å². The number of benzene rings is 1. The Labute approximate surface area is 155 Å². The fourth-order valence-corrected chi connectivity index (χ4v) is 5.55. The van der Waals surface area contributed by atoms with Crippen molar-refractivity contribution in [3.05, 3.63) is 42.5 Å². The third kappa shape index (κ3) is 2.41. The second-order valence-corrected chi connectivity index (χ2v) is 8.23. The highest BCUT2D eigenvalue weighted by Crippen LogP contribution is 2.54. The molecule has 1 aromatic carbocycles. The van der Waals surface area contributed by atoms with Crippen molar-refractivity contribution in [2.75, 3.05) is 5.75 Å². The first kappa shape index (κ1) is 16.1. The second kappa shape index (κ2) is 5.96. The molecule has 1 aromatic heterocycles. The van der Waals surface area contributed by atoms with Gasteiger partial charge in [-0.2, -0.15) is 0 Å². The summed E-state index contributed by atoms with van der Waals surface area (Å²) in [5.74, 6) is 1.90. The summed E-state index contributed by atoms with van der Waals surface area (Å²) in [5.41, 5.74) is 8.83. The van der Waals surface area contributed by atoms with Gasteiger partial charge in [0.2, 0.25) is 0 Å². The van der Waals surface area contributed by atoms with Gasteiger partial charge in [0.05, 0.1) is 6.10 Å². The van der Waals surface area contributed by atoms with E-state index in [2.05, 4.69) is 16.0 Å². The summed E-state index contributed by atoms with van der Waals surface area (Å²) >= 11 is 1.61. The maximum atomic E-state index is 10.1. The number of nitrogens with two attached hydrogens (primary N) is 1. The summed E-state index contributed by atoms with van der Waals surface area (Å²) in [5, 5.41) is 10.7. The molecule has 0 saturated heterocycles. The number of hydrogen-bond acceptors (Lipinski definition) is 7. The molecule has 4 atom stereocenters. The average Bonchev–Trinajstić information content (AvgIpc) is 3.04. The highest BCUT2D eigenvalue weighted by Gasteiger charge is 2.54. The van der Waals surface area contributed by atoms with Gasteiger partial charge in [-0.25, -0.2) is 15.0 Å².